The molecule has 0 saturated carbocycles. The molecule has 1 unspecified atom stereocenters. The van der Waals surface area contributed by atoms with E-state index >= 15 is 0 Å². The fraction of sp³-hybridized carbons (Fsp3) is 0.500. The number of nitrogens with zero attached hydrogens (tertiary/aromatic N) is 1. The number of nitrogens with two attached hydrogens (primary N) is 1. The van der Waals surface area contributed by atoms with Gasteiger partial charge in [0.25, 0.3) is 0 Å². The molecule has 0 spiro atoms. The van der Waals surface area contributed by atoms with E-state index in [9.17, 15) is 10.2 Å². The van der Waals surface area contributed by atoms with Crippen molar-refractivity contribution in [3.05, 3.63) is 44.6 Å². The quantitative estimate of drug-likeness (QED) is 0.331. The number of thiophene rings is 1. The molecule has 28 heavy (non-hydrogen) atoms. The van der Waals surface area contributed by atoms with Crippen molar-refractivity contribution in [1.82, 2.24) is 5.32 Å². The van der Waals surface area contributed by atoms with Crippen LogP contribution >= 0.6 is 23.6 Å². The topological polar surface area (TPSA) is 86.5 Å². The molecule has 1 aromatic heterocycles. The maximum Gasteiger partial charge on any atom is 0.337 e. The van der Waals surface area contributed by atoms with E-state index in [2.05, 4.69) is 16.5 Å². The second kappa shape index (κ2) is 10.1. The molecule has 1 saturated heterocycles. The summed E-state index contributed by atoms with van der Waals surface area (Å²) in [7, 11) is 0. The fourth-order valence-electron chi connectivity index (χ4n) is 2.84. The highest BCUT2D eigenvalue weighted by atomic mass is 32.1. The number of carbonyl (C=O) groups is 1. The second-order valence-corrected chi connectivity index (χ2v) is 8.83. The first-order valence-electron chi connectivity index (χ1n) is 9.20. The molecule has 0 aromatic carbocycles. The predicted molar refractivity (Wildman–Crippen MR) is 116 cm³/mol. The number of nitrogens with one attached hydrogen (secondary N) is 1. The highest BCUT2D eigenvalue weighted by Gasteiger charge is 2.36. The Hall–Kier alpha value is -1.83. The molecule has 2 aliphatic rings. The van der Waals surface area contributed by atoms with Crippen molar-refractivity contribution >= 4 is 40.4 Å². The summed E-state index contributed by atoms with van der Waals surface area (Å²) in [5.74, 6) is 1.25. The van der Waals surface area contributed by atoms with Gasteiger partial charge >= 0.3 is 5.97 Å². The third-order valence-electron chi connectivity index (χ3n) is 4.03. The Labute approximate surface area is 175 Å². The van der Waals surface area contributed by atoms with Gasteiger partial charge in [-0.05, 0) is 39.1 Å². The van der Waals surface area contributed by atoms with E-state index in [1.54, 1.807) is 6.92 Å². The van der Waals surface area contributed by atoms with Gasteiger partial charge in [0.2, 0.25) is 0 Å². The van der Waals surface area contributed by atoms with Gasteiger partial charge in [-0.1, -0.05) is 18.3 Å². The molecular formula is C20H27N3O3S2. The Balaban J connectivity index is 0.000000397. The third-order valence-corrected chi connectivity index (χ3v) is 5.29. The summed E-state index contributed by atoms with van der Waals surface area (Å²) in [5.41, 5.74) is 0.859. The van der Waals surface area contributed by atoms with E-state index < -0.39 is 17.5 Å². The summed E-state index contributed by atoms with van der Waals surface area (Å²) in [6, 6.07) is 3.79. The van der Waals surface area contributed by atoms with Crippen LogP contribution in [0.25, 0.3) is 5.41 Å². The number of morpholine rings is 1. The molecule has 2 aliphatic heterocycles. The van der Waals surface area contributed by atoms with Gasteiger partial charge in [0.05, 0.1) is 37.8 Å². The number of allylic oxidation sites excluding steroid dienone is 1. The Morgan fingerprint density at radius 1 is 1.43 bits per heavy atom. The first kappa shape index (κ1) is 22.5. The molecule has 6 nitrogen and oxygen atoms in total. The zero-order chi connectivity index (χ0) is 20.7. The van der Waals surface area contributed by atoms with E-state index in [-0.39, 0.29) is 0 Å². The van der Waals surface area contributed by atoms with Gasteiger partial charge in [0, 0.05) is 16.1 Å². The van der Waals surface area contributed by atoms with E-state index in [1.807, 2.05) is 38.3 Å². The third kappa shape index (κ3) is 6.09. The van der Waals surface area contributed by atoms with Crippen LogP contribution in [0, 0.1) is 0 Å². The van der Waals surface area contributed by atoms with E-state index in [0.29, 0.717) is 21.8 Å². The molecule has 0 aliphatic carbocycles. The maximum atomic E-state index is 12.6. The van der Waals surface area contributed by atoms with Crippen molar-refractivity contribution in [3.8, 4) is 0 Å². The Morgan fingerprint density at radius 3 is 2.54 bits per heavy atom. The number of carbonyl (C=O) groups excluding carboxylic acids is 1. The maximum absolute atomic E-state index is 12.6. The molecule has 152 valence electrons. The van der Waals surface area contributed by atoms with Gasteiger partial charge in [-0.2, -0.15) is 0 Å². The molecule has 1 fully saturated rings. The SMILES string of the molecule is C1COCC[NH2+]1.CC1=C(C(=O)OC(C)(C)C)C(c2cccs2)C(=C=[N-])C(=S)N1. The van der Waals surface area contributed by atoms with Crippen LogP contribution in [0.3, 0.4) is 0 Å². The minimum Gasteiger partial charge on any atom is -0.763 e. The molecule has 3 N–H and O–H groups in total. The predicted octanol–water partition coefficient (Wildman–Crippen LogP) is 2.12. The lowest BCUT2D eigenvalue weighted by molar-refractivity contribution is -0.670. The number of ether oxygens (including phenoxy) is 2. The second-order valence-electron chi connectivity index (χ2n) is 7.45. The number of hydrogen-bond acceptors (Lipinski definition) is 5. The molecule has 3 rings (SSSR count). The number of esters is 1. The lowest BCUT2D eigenvalue weighted by Gasteiger charge is -2.31. The summed E-state index contributed by atoms with van der Waals surface area (Å²) < 4.78 is 10.5. The van der Waals surface area contributed by atoms with Crippen molar-refractivity contribution in [2.75, 3.05) is 26.3 Å². The van der Waals surface area contributed by atoms with Crippen LogP contribution in [0.15, 0.2) is 34.4 Å². The standard InChI is InChI=1S/C16H17N2O2S2.C4H9NO/c1-9-12(15(19)20-16(2,3)4)13(11-6-5-7-22-11)10(8-17)14(21)18-9;1-3-6-4-2-5-1/h5-7,13H,1-4H3,(H,18,21);5H,1-4H2/q-1;/p+1. The van der Waals surface area contributed by atoms with Crippen molar-refractivity contribution in [2.24, 2.45) is 0 Å². The molecule has 1 atom stereocenters. The Kier molecular flexibility index (Phi) is 8.10. The van der Waals surface area contributed by atoms with Gasteiger partial charge in [-0.25, -0.2) is 4.79 Å². The van der Waals surface area contributed by atoms with Gasteiger partial charge in [0.1, 0.15) is 10.6 Å². The average Bonchev–Trinajstić information content (AvgIpc) is 3.16. The monoisotopic (exact) mass is 421 g/mol. The smallest absolute Gasteiger partial charge is 0.337 e. The zero-order valence-corrected chi connectivity index (χ0v) is 18.3. The Morgan fingerprint density at radius 2 is 2.11 bits per heavy atom. The molecule has 1 aromatic rings. The molecule has 8 heteroatoms. The highest BCUT2D eigenvalue weighted by Crippen LogP contribution is 2.39. The van der Waals surface area contributed by atoms with Crippen molar-refractivity contribution in [3.63, 3.8) is 0 Å². The van der Waals surface area contributed by atoms with Gasteiger partial charge < -0.3 is 25.5 Å². The molecule has 0 amide bonds. The van der Waals surface area contributed by atoms with Crippen molar-refractivity contribution < 1.29 is 19.6 Å². The molecular weight excluding hydrogens is 394 g/mol. The highest BCUT2D eigenvalue weighted by molar-refractivity contribution is 7.80. The van der Waals surface area contributed by atoms with Crippen LogP contribution < -0.4 is 10.6 Å². The van der Waals surface area contributed by atoms with E-state index in [0.717, 1.165) is 31.2 Å². The summed E-state index contributed by atoms with van der Waals surface area (Å²) in [6.45, 7) is 11.4. The van der Waals surface area contributed by atoms with Crippen LogP contribution in [-0.4, -0.2) is 48.7 Å². The van der Waals surface area contributed by atoms with Crippen LogP contribution in [0.5, 0.6) is 0 Å². The first-order chi connectivity index (χ1) is 13.2. The summed E-state index contributed by atoms with van der Waals surface area (Å²) in [6.07, 6.45) is 0. The van der Waals surface area contributed by atoms with Crippen LogP contribution in [0.2, 0.25) is 0 Å². The van der Waals surface area contributed by atoms with Gasteiger partial charge in [0.15, 0.2) is 0 Å². The van der Waals surface area contributed by atoms with Crippen LogP contribution in [0.1, 0.15) is 38.5 Å². The number of thiocarbonyl (C=S) groups is 1. The van der Waals surface area contributed by atoms with Crippen LogP contribution in [-0.2, 0) is 14.3 Å². The largest absolute Gasteiger partial charge is 0.763 e. The molecule has 3 heterocycles. The van der Waals surface area contributed by atoms with Gasteiger partial charge in [-0.15, -0.1) is 11.3 Å². The number of hydrogen-bond donors (Lipinski definition) is 2. The summed E-state index contributed by atoms with van der Waals surface area (Å²) in [5, 5.41) is 16.6. The minimum atomic E-state index is -0.602. The number of quaternary nitrogens is 1. The first-order valence-corrected chi connectivity index (χ1v) is 10.5. The number of rotatable bonds is 2. The fourth-order valence-corrected chi connectivity index (χ4v) is 4.00. The summed E-state index contributed by atoms with van der Waals surface area (Å²) >= 11 is 6.74. The molecule has 0 radical (unpaired) electrons. The van der Waals surface area contributed by atoms with Crippen LogP contribution in [0.4, 0.5) is 0 Å². The molecule has 0 bridgehead atoms. The van der Waals surface area contributed by atoms with E-state index in [4.69, 9.17) is 21.7 Å². The normalized spacial score (nSPS) is 19.9. The van der Waals surface area contributed by atoms with Crippen molar-refractivity contribution in [2.45, 2.75) is 39.2 Å². The average molecular weight is 422 g/mol. The van der Waals surface area contributed by atoms with Gasteiger partial charge in [-0.3, -0.25) is 5.87 Å². The zero-order valence-electron chi connectivity index (χ0n) is 16.7. The van der Waals surface area contributed by atoms with E-state index in [1.165, 1.54) is 11.3 Å². The summed E-state index contributed by atoms with van der Waals surface area (Å²) in [4.78, 5) is 13.9. The lowest BCUT2D eigenvalue weighted by atomic mass is 9.85. The lowest BCUT2D eigenvalue weighted by Crippen LogP contribution is -2.87. The Bertz CT molecular complexity index is 773. The minimum absolute atomic E-state index is 0.366. The van der Waals surface area contributed by atoms with Crippen molar-refractivity contribution in [1.29, 1.82) is 0 Å².